The average molecular weight is 347 g/mol. The first-order valence-electron chi connectivity index (χ1n) is 7.48. The van der Waals surface area contributed by atoms with Crippen molar-refractivity contribution in [2.75, 3.05) is 7.11 Å². The zero-order valence-corrected chi connectivity index (χ0v) is 15.2. The van der Waals surface area contributed by atoms with Crippen LogP contribution in [-0.4, -0.2) is 24.8 Å². The van der Waals surface area contributed by atoms with Crippen LogP contribution in [-0.2, 0) is 14.3 Å². The summed E-state index contributed by atoms with van der Waals surface area (Å²) < 4.78 is 11.1. The van der Waals surface area contributed by atoms with Gasteiger partial charge < -0.3 is 9.47 Å². The van der Waals surface area contributed by atoms with E-state index in [1.165, 1.54) is 7.11 Å². The van der Waals surface area contributed by atoms with Crippen molar-refractivity contribution >= 4 is 39.1 Å². The molecule has 1 amide bonds. The molecule has 0 aliphatic heterocycles. The number of rotatable bonds is 3. The molecule has 128 valence electrons. The van der Waals surface area contributed by atoms with E-state index in [2.05, 4.69) is 5.32 Å². The maximum absolute atomic E-state index is 12.1. The fourth-order valence-corrected chi connectivity index (χ4v) is 3.22. The fraction of sp³-hybridized carbons (Fsp3) is 0.333. The van der Waals surface area contributed by atoms with Crippen LogP contribution in [0.2, 0.25) is 0 Å². The Balaban J connectivity index is 2.43. The highest BCUT2D eigenvalue weighted by Crippen LogP contribution is 2.32. The number of hydrogen-bond donors (Lipinski definition) is 1. The summed E-state index contributed by atoms with van der Waals surface area (Å²) in [4.78, 5) is 24.2. The van der Waals surface area contributed by atoms with Gasteiger partial charge >= 0.3 is 12.1 Å². The summed E-state index contributed by atoms with van der Waals surface area (Å²) in [6.45, 7) is 7.05. The normalized spacial score (nSPS) is 12.5. The molecule has 6 heteroatoms. The summed E-state index contributed by atoms with van der Waals surface area (Å²) in [6, 6.07) is 7.88. The first-order chi connectivity index (χ1) is 11.2. The Bertz CT molecular complexity index is 799. The molecular weight excluding hydrogens is 326 g/mol. The molecule has 0 radical (unpaired) electrons. The van der Waals surface area contributed by atoms with Gasteiger partial charge in [-0.15, -0.1) is 11.3 Å². The number of carbonyl (C=O) groups is 2. The number of fused-ring (bicyclic) bond motifs is 1. The molecule has 5 nitrogen and oxygen atoms in total. The van der Waals surface area contributed by atoms with Crippen LogP contribution in [0, 0.1) is 0 Å². The van der Waals surface area contributed by atoms with Crippen LogP contribution in [0.25, 0.3) is 15.7 Å². The van der Waals surface area contributed by atoms with Crippen LogP contribution in [0.3, 0.4) is 0 Å². The molecule has 0 saturated heterocycles. The number of esters is 1. The molecule has 0 fully saturated rings. The highest BCUT2D eigenvalue weighted by Gasteiger charge is 2.23. The zero-order valence-electron chi connectivity index (χ0n) is 14.4. The predicted molar refractivity (Wildman–Crippen MR) is 95.8 cm³/mol. The third-order valence-electron chi connectivity index (χ3n) is 3.28. The molecule has 0 atom stereocenters. The first-order valence-corrected chi connectivity index (χ1v) is 8.36. The highest BCUT2D eigenvalue weighted by atomic mass is 32.1. The molecule has 24 heavy (non-hydrogen) atoms. The molecular formula is C18H21NO4S. The van der Waals surface area contributed by atoms with Crippen LogP contribution < -0.4 is 5.32 Å². The van der Waals surface area contributed by atoms with E-state index in [0.717, 1.165) is 15.6 Å². The van der Waals surface area contributed by atoms with Gasteiger partial charge in [-0.1, -0.05) is 18.2 Å². The van der Waals surface area contributed by atoms with Gasteiger partial charge in [0.15, 0.2) is 0 Å². The minimum absolute atomic E-state index is 0.0790. The molecule has 0 unspecified atom stereocenters. The molecule has 2 aromatic rings. The highest BCUT2D eigenvalue weighted by molar-refractivity contribution is 7.17. The SMILES string of the molecule is COC(=O)/C(NC(=O)OC(C)(C)C)=C(\C)c1csc2ccccc12. The topological polar surface area (TPSA) is 64.6 Å². The summed E-state index contributed by atoms with van der Waals surface area (Å²) in [5, 5.41) is 5.50. The quantitative estimate of drug-likeness (QED) is 0.663. The van der Waals surface area contributed by atoms with Gasteiger partial charge in [-0.25, -0.2) is 9.59 Å². The van der Waals surface area contributed by atoms with Crippen molar-refractivity contribution in [3.05, 3.63) is 40.9 Å². The van der Waals surface area contributed by atoms with Gasteiger partial charge in [0.1, 0.15) is 11.3 Å². The second kappa shape index (κ2) is 7.05. The summed E-state index contributed by atoms with van der Waals surface area (Å²) in [7, 11) is 1.28. The Kier molecular flexibility index (Phi) is 5.29. The lowest BCUT2D eigenvalue weighted by Crippen LogP contribution is -2.35. The number of allylic oxidation sites excluding steroid dienone is 1. The molecule has 1 aromatic carbocycles. The van der Waals surface area contributed by atoms with Crippen LogP contribution in [0.4, 0.5) is 4.79 Å². The van der Waals surface area contributed by atoms with Gasteiger partial charge in [-0.05, 0) is 50.3 Å². The van der Waals surface area contributed by atoms with Crippen molar-refractivity contribution in [3.63, 3.8) is 0 Å². The fourth-order valence-electron chi connectivity index (χ4n) is 2.21. The molecule has 2 rings (SSSR count). The van der Waals surface area contributed by atoms with E-state index < -0.39 is 17.7 Å². The third kappa shape index (κ3) is 4.14. The first kappa shape index (κ1) is 18.0. The Morgan fingerprint density at radius 1 is 1.17 bits per heavy atom. The van der Waals surface area contributed by atoms with E-state index in [0.29, 0.717) is 5.57 Å². The minimum atomic E-state index is -0.693. The third-order valence-corrected chi connectivity index (χ3v) is 4.24. The Hall–Kier alpha value is -2.34. The molecule has 1 N–H and O–H groups in total. The number of thiophene rings is 1. The molecule has 0 saturated carbocycles. The van der Waals surface area contributed by atoms with E-state index >= 15 is 0 Å². The summed E-state index contributed by atoms with van der Waals surface area (Å²) in [6.07, 6.45) is -0.693. The number of hydrogen-bond acceptors (Lipinski definition) is 5. The van der Waals surface area contributed by atoms with Crippen LogP contribution in [0.5, 0.6) is 0 Å². The molecule has 0 spiro atoms. The standard InChI is InChI=1S/C18H21NO4S/c1-11(13-10-24-14-9-7-6-8-12(13)14)15(16(20)22-5)19-17(21)23-18(2,3)4/h6-10H,1-5H3,(H,19,21)/b15-11-. The van der Waals surface area contributed by atoms with Crippen LogP contribution in [0.1, 0.15) is 33.3 Å². The second-order valence-corrected chi connectivity index (χ2v) is 7.18. The lowest BCUT2D eigenvalue weighted by atomic mass is 10.0. The van der Waals surface area contributed by atoms with E-state index in [1.807, 2.05) is 29.6 Å². The van der Waals surface area contributed by atoms with Crippen molar-refractivity contribution in [2.24, 2.45) is 0 Å². The number of nitrogens with one attached hydrogen (secondary N) is 1. The van der Waals surface area contributed by atoms with E-state index in [4.69, 9.17) is 9.47 Å². The summed E-state index contributed by atoms with van der Waals surface area (Å²) in [5.41, 5.74) is 0.932. The number of benzene rings is 1. The molecule has 1 aromatic heterocycles. The van der Waals surface area contributed by atoms with Crippen molar-refractivity contribution in [1.82, 2.24) is 5.32 Å². The predicted octanol–water partition coefficient (Wildman–Crippen LogP) is 4.33. The van der Waals surface area contributed by atoms with E-state index in [1.54, 1.807) is 39.0 Å². The number of alkyl carbamates (subject to hydrolysis) is 1. The van der Waals surface area contributed by atoms with Crippen molar-refractivity contribution in [1.29, 1.82) is 0 Å². The average Bonchev–Trinajstić information content (AvgIpc) is 2.93. The van der Waals surface area contributed by atoms with Crippen LogP contribution >= 0.6 is 11.3 Å². The van der Waals surface area contributed by atoms with Gasteiger partial charge in [0, 0.05) is 10.1 Å². The Morgan fingerprint density at radius 3 is 2.46 bits per heavy atom. The molecule has 0 bridgehead atoms. The lowest BCUT2D eigenvalue weighted by molar-refractivity contribution is -0.136. The number of ether oxygens (including phenoxy) is 2. The van der Waals surface area contributed by atoms with E-state index in [9.17, 15) is 9.59 Å². The number of methoxy groups -OCH3 is 1. The van der Waals surface area contributed by atoms with Crippen molar-refractivity contribution in [3.8, 4) is 0 Å². The largest absolute Gasteiger partial charge is 0.464 e. The molecule has 0 aliphatic rings. The minimum Gasteiger partial charge on any atom is -0.464 e. The van der Waals surface area contributed by atoms with Gasteiger partial charge in [-0.2, -0.15) is 0 Å². The van der Waals surface area contributed by atoms with Gasteiger partial charge in [-0.3, -0.25) is 5.32 Å². The second-order valence-electron chi connectivity index (χ2n) is 6.26. The van der Waals surface area contributed by atoms with E-state index in [-0.39, 0.29) is 5.70 Å². The Labute approximate surface area is 145 Å². The maximum atomic E-state index is 12.1. The Morgan fingerprint density at radius 2 is 1.83 bits per heavy atom. The van der Waals surface area contributed by atoms with Gasteiger partial charge in [0.25, 0.3) is 0 Å². The van der Waals surface area contributed by atoms with Gasteiger partial charge in [0.2, 0.25) is 0 Å². The monoisotopic (exact) mass is 347 g/mol. The van der Waals surface area contributed by atoms with Gasteiger partial charge in [0.05, 0.1) is 7.11 Å². The molecule has 1 heterocycles. The summed E-state index contributed by atoms with van der Waals surface area (Å²) in [5.74, 6) is -0.617. The summed E-state index contributed by atoms with van der Waals surface area (Å²) >= 11 is 1.58. The lowest BCUT2D eigenvalue weighted by Gasteiger charge is -2.20. The van der Waals surface area contributed by atoms with Crippen LogP contribution in [0.15, 0.2) is 35.3 Å². The smallest absolute Gasteiger partial charge is 0.412 e. The zero-order chi connectivity index (χ0) is 17.9. The maximum Gasteiger partial charge on any atom is 0.412 e. The molecule has 0 aliphatic carbocycles. The number of carbonyl (C=O) groups excluding carboxylic acids is 2. The van der Waals surface area contributed by atoms with Crippen molar-refractivity contribution in [2.45, 2.75) is 33.3 Å². The van der Waals surface area contributed by atoms with Crippen molar-refractivity contribution < 1.29 is 19.1 Å². The number of amides is 1.